The number of anilines is 1. The lowest BCUT2D eigenvalue weighted by atomic mass is 9.82. The Labute approximate surface area is 132 Å². The molecule has 4 atom stereocenters. The van der Waals surface area contributed by atoms with Crippen molar-refractivity contribution in [3.05, 3.63) is 54.6 Å². The predicted molar refractivity (Wildman–Crippen MR) is 85.0 cm³/mol. The van der Waals surface area contributed by atoms with Crippen LogP contribution in [-0.4, -0.2) is 29.2 Å². The lowest BCUT2D eigenvalue weighted by molar-refractivity contribution is -0.145. The molecule has 23 heavy (non-hydrogen) atoms. The molecule has 0 saturated carbocycles. The van der Waals surface area contributed by atoms with Gasteiger partial charge in [-0.1, -0.05) is 48.6 Å². The molecule has 2 aliphatic rings. The van der Waals surface area contributed by atoms with Crippen molar-refractivity contribution >= 4 is 28.3 Å². The molecule has 0 aliphatic carbocycles. The van der Waals surface area contributed by atoms with Crippen molar-refractivity contribution in [2.45, 2.75) is 12.2 Å². The van der Waals surface area contributed by atoms with Gasteiger partial charge >= 0.3 is 5.97 Å². The summed E-state index contributed by atoms with van der Waals surface area (Å²) in [4.78, 5) is 24.2. The third kappa shape index (κ3) is 2.21. The van der Waals surface area contributed by atoms with E-state index in [1.54, 1.807) is 12.2 Å². The van der Waals surface area contributed by atoms with Gasteiger partial charge in [-0.05, 0) is 11.5 Å². The van der Waals surface area contributed by atoms with E-state index in [0.717, 1.165) is 10.8 Å². The fourth-order valence-corrected chi connectivity index (χ4v) is 3.47. The molecule has 0 spiro atoms. The van der Waals surface area contributed by atoms with Crippen LogP contribution in [-0.2, 0) is 14.3 Å². The minimum atomic E-state index is -1.00. The first kappa shape index (κ1) is 14.0. The Morgan fingerprint density at radius 1 is 0.957 bits per heavy atom. The van der Waals surface area contributed by atoms with Crippen molar-refractivity contribution in [1.29, 1.82) is 0 Å². The van der Waals surface area contributed by atoms with Crippen molar-refractivity contribution in [1.82, 2.24) is 0 Å². The first-order valence-electron chi connectivity index (χ1n) is 7.50. The molecule has 2 aromatic rings. The summed E-state index contributed by atoms with van der Waals surface area (Å²) in [5.41, 5.74) is 0.684. The van der Waals surface area contributed by atoms with Gasteiger partial charge in [0.2, 0.25) is 5.91 Å². The summed E-state index contributed by atoms with van der Waals surface area (Å²) in [6.07, 6.45) is 2.53. The van der Waals surface area contributed by atoms with Gasteiger partial charge in [0.25, 0.3) is 0 Å². The molecule has 4 rings (SSSR count). The van der Waals surface area contributed by atoms with Crippen LogP contribution in [0.4, 0.5) is 5.69 Å². The molecule has 1 fully saturated rings. The van der Waals surface area contributed by atoms with Gasteiger partial charge in [0.05, 0.1) is 18.1 Å². The largest absolute Gasteiger partial charge is 0.481 e. The molecule has 0 radical (unpaired) electrons. The van der Waals surface area contributed by atoms with E-state index < -0.39 is 30.0 Å². The van der Waals surface area contributed by atoms with Crippen molar-refractivity contribution in [2.24, 2.45) is 11.8 Å². The standard InChI is InChI=1S/C18H15NO4/c20-17(15-13-8-9-14(23-13)16(15)18(21)22)19-12-7-3-5-10-4-1-2-6-11(10)12/h1-9,13-16H,(H,19,20)(H,21,22). The maximum absolute atomic E-state index is 12.7. The number of ether oxygens (including phenoxy) is 1. The van der Waals surface area contributed by atoms with Crippen LogP contribution in [0.5, 0.6) is 0 Å². The molecule has 5 nitrogen and oxygen atoms in total. The Morgan fingerprint density at radius 2 is 1.65 bits per heavy atom. The van der Waals surface area contributed by atoms with E-state index in [1.807, 2.05) is 42.5 Å². The SMILES string of the molecule is O=C(O)C1C2C=CC(O2)C1C(=O)Nc1cccc2ccccc12. The van der Waals surface area contributed by atoms with Crippen molar-refractivity contribution in [3.63, 3.8) is 0 Å². The Bertz CT molecular complexity index is 823. The summed E-state index contributed by atoms with van der Waals surface area (Å²) in [6.45, 7) is 0. The first-order valence-corrected chi connectivity index (χ1v) is 7.50. The van der Waals surface area contributed by atoms with Gasteiger partial charge in [0.15, 0.2) is 0 Å². The highest BCUT2D eigenvalue weighted by Gasteiger charge is 2.53. The van der Waals surface area contributed by atoms with Crippen molar-refractivity contribution in [2.75, 3.05) is 5.32 Å². The highest BCUT2D eigenvalue weighted by Crippen LogP contribution is 2.40. The van der Waals surface area contributed by atoms with Gasteiger partial charge in [-0.3, -0.25) is 9.59 Å². The minimum Gasteiger partial charge on any atom is -0.481 e. The van der Waals surface area contributed by atoms with E-state index >= 15 is 0 Å². The number of nitrogens with one attached hydrogen (secondary N) is 1. The highest BCUT2D eigenvalue weighted by molar-refractivity contribution is 6.04. The number of amides is 1. The predicted octanol–water partition coefficient (Wildman–Crippen LogP) is 2.43. The number of aliphatic carboxylic acids is 1. The second kappa shape index (κ2) is 5.21. The number of benzene rings is 2. The second-order valence-electron chi connectivity index (χ2n) is 5.86. The maximum atomic E-state index is 12.7. The zero-order chi connectivity index (χ0) is 16.0. The number of carboxylic acid groups (broad SMARTS) is 1. The van der Waals surface area contributed by atoms with Gasteiger partial charge in [0, 0.05) is 11.1 Å². The lowest BCUT2D eigenvalue weighted by Gasteiger charge is -2.21. The molecule has 2 heterocycles. The van der Waals surface area contributed by atoms with Crippen LogP contribution in [0.1, 0.15) is 0 Å². The fourth-order valence-electron chi connectivity index (χ4n) is 3.47. The van der Waals surface area contributed by atoms with Crippen LogP contribution in [0.25, 0.3) is 10.8 Å². The first-order chi connectivity index (χ1) is 11.1. The molecule has 2 aromatic carbocycles. The van der Waals surface area contributed by atoms with E-state index in [0.29, 0.717) is 5.69 Å². The van der Waals surface area contributed by atoms with Crippen molar-refractivity contribution in [3.8, 4) is 0 Å². The topological polar surface area (TPSA) is 75.6 Å². The van der Waals surface area contributed by atoms with Gasteiger partial charge in [-0.2, -0.15) is 0 Å². The van der Waals surface area contributed by atoms with Crippen LogP contribution in [0.3, 0.4) is 0 Å². The van der Waals surface area contributed by atoms with Gasteiger partial charge < -0.3 is 15.2 Å². The molecule has 1 saturated heterocycles. The Hall–Kier alpha value is -2.66. The maximum Gasteiger partial charge on any atom is 0.310 e. The smallest absolute Gasteiger partial charge is 0.310 e. The summed E-state index contributed by atoms with van der Waals surface area (Å²) in [6, 6.07) is 13.4. The number of carbonyl (C=O) groups excluding carboxylic acids is 1. The quantitative estimate of drug-likeness (QED) is 0.854. The third-order valence-corrected chi connectivity index (χ3v) is 4.53. The van der Waals surface area contributed by atoms with Crippen LogP contribution in [0.15, 0.2) is 54.6 Å². The zero-order valence-corrected chi connectivity index (χ0v) is 12.2. The molecule has 1 amide bonds. The highest BCUT2D eigenvalue weighted by atomic mass is 16.5. The molecule has 2 bridgehead atoms. The number of carbonyl (C=O) groups is 2. The van der Waals surface area contributed by atoms with E-state index in [-0.39, 0.29) is 5.91 Å². The third-order valence-electron chi connectivity index (χ3n) is 4.53. The monoisotopic (exact) mass is 309 g/mol. The summed E-state index contributed by atoms with van der Waals surface area (Å²) in [5, 5.41) is 14.2. The van der Waals surface area contributed by atoms with Crippen LogP contribution < -0.4 is 5.32 Å². The summed E-state index contributed by atoms with van der Waals surface area (Å²) in [7, 11) is 0. The molecule has 4 unspecified atom stereocenters. The number of fused-ring (bicyclic) bond motifs is 3. The van der Waals surface area contributed by atoms with Crippen LogP contribution >= 0.6 is 0 Å². The summed E-state index contributed by atoms with van der Waals surface area (Å²) in [5.74, 6) is -2.85. The van der Waals surface area contributed by atoms with E-state index in [1.165, 1.54) is 0 Å². The molecule has 116 valence electrons. The van der Waals surface area contributed by atoms with Gasteiger partial charge in [-0.25, -0.2) is 0 Å². The van der Waals surface area contributed by atoms with Gasteiger partial charge in [0.1, 0.15) is 5.92 Å². The van der Waals surface area contributed by atoms with E-state index in [2.05, 4.69) is 5.32 Å². The summed E-state index contributed by atoms with van der Waals surface area (Å²) < 4.78 is 5.55. The Kier molecular flexibility index (Phi) is 3.16. The summed E-state index contributed by atoms with van der Waals surface area (Å²) >= 11 is 0. The number of carboxylic acids is 1. The molecule has 5 heteroatoms. The molecule has 2 N–H and O–H groups in total. The fraction of sp³-hybridized carbons (Fsp3) is 0.222. The van der Waals surface area contributed by atoms with Crippen molar-refractivity contribution < 1.29 is 19.4 Å². The second-order valence-corrected chi connectivity index (χ2v) is 5.86. The molecule has 2 aliphatic heterocycles. The Morgan fingerprint density at radius 3 is 2.43 bits per heavy atom. The number of hydrogen-bond donors (Lipinski definition) is 2. The minimum absolute atomic E-state index is 0.314. The number of hydrogen-bond acceptors (Lipinski definition) is 3. The van der Waals surface area contributed by atoms with Crippen LogP contribution in [0, 0.1) is 11.8 Å². The van der Waals surface area contributed by atoms with E-state index in [9.17, 15) is 14.7 Å². The average molecular weight is 309 g/mol. The molecular weight excluding hydrogens is 294 g/mol. The van der Waals surface area contributed by atoms with E-state index in [4.69, 9.17) is 4.74 Å². The lowest BCUT2D eigenvalue weighted by Crippen LogP contribution is -2.39. The average Bonchev–Trinajstić information content (AvgIpc) is 3.16. The molecule has 0 aromatic heterocycles. The zero-order valence-electron chi connectivity index (χ0n) is 12.2. The number of rotatable bonds is 3. The Balaban J connectivity index is 1.65. The van der Waals surface area contributed by atoms with Gasteiger partial charge in [-0.15, -0.1) is 0 Å². The normalized spacial score (nSPS) is 28.2. The molecular formula is C18H15NO4. The van der Waals surface area contributed by atoms with Crippen LogP contribution in [0.2, 0.25) is 0 Å².